The predicted molar refractivity (Wildman–Crippen MR) is 105 cm³/mol. The second-order valence-electron chi connectivity index (χ2n) is 7.90. The predicted octanol–water partition coefficient (Wildman–Crippen LogP) is 1.25. The Morgan fingerprint density at radius 2 is 2.07 bits per heavy atom. The van der Waals surface area contributed by atoms with Gasteiger partial charge in [0.05, 0.1) is 24.4 Å². The van der Waals surface area contributed by atoms with Crippen LogP contribution in [0.4, 0.5) is 5.13 Å². The quantitative estimate of drug-likeness (QED) is 0.807. The number of ether oxygens (including phenoxy) is 2. The van der Waals surface area contributed by atoms with Crippen LogP contribution in [-0.2, 0) is 32.0 Å². The number of aromatic nitrogens is 1. The summed E-state index contributed by atoms with van der Waals surface area (Å²) in [5.74, 6) is 0.0491. The second-order valence-corrected chi connectivity index (χ2v) is 8.98. The number of nitrogens with zero attached hydrogens (tertiary/aromatic N) is 3. The lowest BCUT2D eigenvalue weighted by Gasteiger charge is -2.36. The monoisotopic (exact) mass is 408 g/mol. The van der Waals surface area contributed by atoms with Crippen molar-refractivity contribution in [3.8, 4) is 0 Å². The fraction of sp³-hybridized carbons (Fsp3) is 0.737. The third-order valence-electron chi connectivity index (χ3n) is 5.39. The van der Waals surface area contributed by atoms with Gasteiger partial charge in [0.2, 0.25) is 5.91 Å². The number of hydrogen-bond acceptors (Lipinski definition) is 7. The molecule has 0 radical (unpaired) electrons. The molecule has 4 rings (SSSR count). The molecule has 3 aliphatic heterocycles. The van der Waals surface area contributed by atoms with Gasteiger partial charge in [-0.3, -0.25) is 19.8 Å². The Kier molecular flexibility index (Phi) is 5.96. The summed E-state index contributed by atoms with van der Waals surface area (Å²) in [7, 11) is 0. The summed E-state index contributed by atoms with van der Waals surface area (Å²) in [5.41, 5.74) is 1.03. The molecule has 0 bridgehead atoms. The van der Waals surface area contributed by atoms with E-state index in [1.807, 2.05) is 18.7 Å². The normalized spacial score (nSPS) is 28.2. The van der Waals surface area contributed by atoms with Gasteiger partial charge in [0.25, 0.3) is 5.91 Å². The molecule has 4 heterocycles. The third kappa shape index (κ3) is 4.53. The van der Waals surface area contributed by atoms with Crippen molar-refractivity contribution in [2.24, 2.45) is 0 Å². The van der Waals surface area contributed by atoms with Gasteiger partial charge >= 0.3 is 0 Å². The third-order valence-corrected chi connectivity index (χ3v) is 6.39. The Hall–Kier alpha value is -1.55. The molecule has 0 spiro atoms. The fourth-order valence-corrected chi connectivity index (χ4v) is 5.13. The number of amides is 2. The summed E-state index contributed by atoms with van der Waals surface area (Å²) in [6.07, 6.45) is 2.30. The molecule has 1 aromatic rings. The standard InChI is InChI=1S/C19H28N4O4S/c1-12-8-23(9-13(2)27-12)17(24)11-22-6-5-14-16(10-22)28-19(20-14)21-18(25)15-4-3-7-26-15/h12-13,15H,3-11H2,1-2H3,(H,20,21,25). The average molecular weight is 409 g/mol. The van der Waals surface area contributed by atoms with E-state index in [1.165, 1.54) is 11.3 Å². The number of anilines is 1. The van der Waals surface area contributed by atoms with Crippen molar-refractivity contribution in [2.45, 2.75) is 58.0 Å². The molecule has 0 saturated carbocycles. The Bertz CT molecular complexity index is 724. The van der Waals surface area contributed by atoms with E-state index in [0.29, 0.717) is 37.9 Å². The lowest BCUT2D eigenvalue weighted by atomic mass is 10.1. The van der Waals surface area contributed by atoms with E-state index in [2.05, 4.69) is 15.2 Å². The number of nitrogens with one attached hydrogen (secondary N) is 1. The highest BCUT2D eigenvalue weighted by Crippen LogP contribution is 2.29. The molecule has 0 aliphatic carbocycles. The van der Waals surface area contributed by atoms with Crippen LogP contribution in [0.3, 0.4) is 0 Å². The highest BCUT2D eigenvalue weighted by atomic mass is 32.1. The molecule has 3 aliphatic rings. The van der Waals surface area contributed by atoms with Crippen molar-refractivity contribution in [2.75, 3.05) is 38.1 Å². The number of fused-ring (bicyclic) bond motifs is 1. The molecule has 3 unspecified atom stereocenters. The van der Waals surface area contributed by atoms with Crippen molar-refractivity contribution in [1.82, 2.24) is 14.8 Å². The van der Waals surface area contributed by atoms with Crippen LogP contribution in [0.2, 0.25) is 0 Å². The van der Waals surface area contributed by atoms with Crippen LogP contribution in [0.1, 0.15) is 37.3 Å². The van der Waals surface area contributed by atoms with Gasteiger partial charge in [-0.25, -0.2) is 4.98 Å². The highest BCUT2D eigenvalue weighted by molar-refractivity contribution is 7.15. The number of rotatable bonds is 4. The molecule has 3 atom stereocenters. The van der Waals surface area contributed by atoms with Gasteiger partial charge in [-0.15, -0.1) is 11.3 Å². The lowest BCUT2D eigenvalue weighted by molar-refractivity contribution is -0.144. The maximum atomic E-state index is 12.7. The Morgan fingerprint density at radius 3 is 2.79 bits per heavy atom. The minimum atomic E-state index is -0.353. The first-order chi connectivity index (χ1) is 13.5. The van der Waals surface area contributed by atoms with Crippen LogP contribution in [-0.4, -0.2) is 77.7 Å². The van der Waals surface area contributed by atoms with Gasteiger partial charge in [-0.2, -0.15) is 0 Å². The summed E-state index contributed by atoms with van der Waals surface area (Å²) >= 11 is 1.50. The van der Waals surface area contributed by atoms with Crippen LogP contribution in [0.25, 0.3) is 0 Å². The van der Waals surface area contributed by atoms with Crippen LogP contribution in [0.5, 0.6) is 0 Å². The maximum Gasteiger partial charge on any atom is 0.255 e. The molecule has 154 valence electrons. The lowest BCUT2D eigenvalue weighted by Crippen LogP contribution is -2.51. The SMILES string of the molecule is CC1CN(C(=O)CN2CCc3nc(NC(=O)C4CCCO4)sc3C2)CC(C)O1. The molecule has 2 amide bonds. The van der Waals surface area contributed by atoms with E-state index in [-0.39, 0.29) is 30.1 Å². The summed E-state index contributed by atoms with van der Waals surface area (Å²) in [5, 5.41) is 3.53. The molecular weight excluding hydrogens is 380 g/mol. The largest absolute Gasteiger partial charge is 0.372 e. The Balaban J connectivity index is 1.32. The zero-order valence-electron chi connectivity index (χ0n) is 16.5. The van der Waals surface area contributed by atoms with Gasteiger partial charge in [0.15, 0.2) is 5.13 Å². The first-order valence-electron chi connectivity index (χ1n) is 10.0. The molecule has 28 heavy (non-hydrogen) atoms. The van der Waals surface area contributed by atoms with E-state index >= 15 is 0 Å². The van der Waals surface area contributed by atoms with Crippen molar-refractivity contribution >= 4 is 28.3 Å². The second kappa shape index (κ2) is 8.44. The van der Waals surface area contributed by atoms with Crippen LogP contribution < -0.4 is 5.32 Å². The van der Waals surface area contributed by atoms with Gasteiger partial charge < -0.3 is 14.4 Å². The molecule has 1 aromatic heterocycles. The summed E-state index contributed by atoms with van der Waals surface area (Å²) < 4.78 is 11.1. The summed E-state index contributed by atoms with van der Waals surface area (Å²) in [4.78, 5) is 34.7. The highest BCUT2D eigenvalue weighted by Gasteiger charge is 2.29. The van der Waals surface area contributed by atoms with Crippen molar-refractivity contribution in [3.63, 3.8) is 0 Å². The zero-order chi connectivity index (χ0) is 19.7. The Labute approximate surface area is 169 Å². The van der Waals surface area contributed by atoms with Crippen molar-refractivity contribution in [3.05, 3.63) is 10.6 Å². The van der Waals surface area contributed by atoms with Crippen LogP contribution >= 0.6 is 11.3 Å². The van der Waals surface area contributed by atoms with Gasteiger partial charge in [0.1, 0.15) is 6.10 Å². The maximum absolute atomic E-state index is 12.7. The molecule has 8 nitrogen and oxygen atoms in total. The minimum Gasteiger partial charge on any atom is -0.372 e. The van der Waals surface area contributed by atoms with E-state index in [1.54, 1.807) is 0 Å². The topological polar surface area (TPSA) is 84.0 Å². The van der Waals surface area contributed by atoms with E-state index in [4.69, 9.17) is 9.47 Å². The van der Waals surface area contributed by atoms with Gasteiger partial charge in [-0.05, 0) is 26.7 Å². The number of carbonyl (C=O) groups is 2. The number of thiazole rings is 1. The van der Waals surface area contributed by atoms with E-state index in [0.717, 1.165) is 36.4 Å². The molecule has 0 aromatic carbocycles. The van der Waals surface area contributed by atoms with Gasteiger partial charge in [-0.1, -0.05) is 0 Å². The van der Waals surface area contributed by atoms with Crippen LogP contribution in [0.15, 0.2) is 0 Å². The van der Waals surface area contributed by atoms with Crippen molar-refractivity contribution < 1.29 is 19.1 Å². The number of morpholine rings is 1. The zero-order valence-corrected chi connectivity index (χ0v) is 17.3. The molecule has 2 fully saturated rings. The molecule has 2 saturated heterocycles. The number of hydrogen-bond donors (Lipinski definition) is 1. The van der Waals surface area contributed by atoms with Crippen LogP contribution in [0, 0.1) is 0 Å². The summed E-state index contributed by atoms with van der Waals surface area (Å²) in [6, 6.07) is 0. The van der Waals surface area contributed by atoms with Gasteiger partial charge in [0, 0.05) is 44.1 Å². The first-order valence-corrected chi connectivity index (χ1v) is 10.9. The smallest absolute Gasteiger partial charge is 0.255 e. The molecular formula is C19H28N4O4S. The van der Waals surface area contributed by atoms with E-state index in [9.17, 15) is 9.59 Å². The minimum absolute atomic E-state index is 0.0807. The van der Waals surface area contributed by atoms with E-state index < -0.39 is 0 Å². The Morgan fingerprint density at radius 1 is 1.29 bits per heavy atom. The van der Waals surface area contributed by atoms with Crippen molar-refractivity contribution in [1.29, 1.82) is 0 Å². The average Bonchev–Trinajstić information content (AvgIpc) is 3.29. The fourth-order valence-electron chi connectivity index (χ4n) is 4.08. The molecule has 9 heteroatoms. The summed E-state index contributed by atoms with van der Waals surface area (Å²) in [6.45, 7) is 7.88. The number of carbonyl (C=O) groups excluding carboxylic acids is 2. The molecule has 1 N–H and O–H groups in total. The first kappa shape index (κ1) is 19.8.